The fraction of sp³-hybridized carbons (Fsp3) is 0.176. The number of alkyl halides is 3. The summed E-state index contributed by atoms with van der Waals surface area (Å²) in [4.78, 5) is 0. The number of halogens is 4. The van der Waals surface area contributed by atoms with Gasteiger partial charge in [0.2, 0.25) is 11.8 Å². The molecule has 3 aromatic rings. The second kappa shape index (κ2) is 7.25. The van der Waals surface area contributed by atoms with E-state index < -0.39 is 11.7 Å². The molecule has 26 heavy (non-hydrogen) atoms. The van der Waals surface area contributed by atoms with Crippen LogP contribution in [0.5, 0.6) is 5.75 Å². The number of methoxy groups -OCH3 is 1. The quantitative estimate of drug-likeness (QED) is 0.669. The van der Waals surface area contributed by atoms with Gasteiger partial charge in [0.05, 0.1) is 19.2 Å². The number of aromatic nitrogens is 2. The second-order valence-corrected chi connectivity index (χ2v) is 5.71. The summed E-state index contributed by atoms with van der Waals surface area (Å²) < 4.78 is 49.8. The average Bonchev–Trinajstić information content (AvgIpc) is 3.09. The summed E-state index contributed by atoms with van der Waals surface area (Å²) in [6.45, 7) is -0.0616. The molecule has 0 fully saturated rings. The molecule has 0 bridgehead atoms. The Hall–Kier alpha value is -2.74. The largest absolute Gasteiger partial charge is 0.497 e. The fourth-order valence-electron chi connectivity index (χ4n) is 2.25. The van der Waals surface area contributed by atoms with E-state index in [0.29, 0.717) is 11.3 Å². The number of nitrogens with zero attached hydrogens (tertiary/aromatic N) is 2. The molecule has 1 heterocycles. The van der Waals surface area contributed by atoms with Gasteiger partial charge < -0.3 is 14.5 Å². The SMILES string of the molecule is COc1ccc(-c2nnc(CNc3ccc(Cl)cc3C(F)(F)F)o2)cc1. The molecule has 0 radical (unpaired) electrons. The van der Waals surface area contributed by atoms with Crippen molar-refractivity contribution in [1.82, 2.24) is 10.2 Å². The van der Waals surface area contributed by atoms with Crippen LogP contribution >= 0.6 is 11.6 Å². The fourth-order valence-corrected chi connectivity index (χ4v) is 2.42. The van der Waals surface area contributed by atoms with Gasteiger partial charge in [-0.25, -0.2) is 0 Å². The summed E-state index contributed by atoms with van der Waals surface area (Å²) in [5, 5.41) is 10.4. The molecule has 1 aromatic heterocycles. The van der Waals surface area contributed by atoms with Crippen LogP contribution in [0.25, 0.3) is 11.5 Å². The summed E-state index contributed by atoms with van der Waals surface area (Å²) in [5.41, 5.74) is -0.307. The summed E-state index contributed by atoms with van der Waals surface area (Å²) in [5.74, 6) is 1.09. The number of hydrogen-bond donors (Lipinski definition) is 1. The third kappa shape index (κ3) is 4.08. The van der Waals surface area contributed by atoms with E-state index in [2.05, 4.69) is 15.5 Å². The maximum absolute atomic E-state index is 13.1. The van der Waals surface area contributed by atoms with Crippen molar-refractivity contribution >= 4 is 17.3 Å². The predicted molar refractivity (Wildman–Crippen MR) is 90.1 cm³/mol. The molecule has 1 N–H and O–H groups in total. The first-order chi connectivity index (χ1) is 12.4. The van der Waals surface area contributed by atoms with E-state index in [1.54, 1.807) is 31.4 Å². The van der Waals surface area contributed by atoms with Crippen LogP contribution in [-0.4, -0.2) is 17.3 Å². The standard InChI is InChI=1S/C17H13ClF3N3O2/c1-25-12-5-2-10(3-6-12)16-24-23-15(26-16)9-22-14-7-4-11(18)8-13(14)17(19,20)21/h2-8,22H,9H2,1H3. The van der Waals surface area contributed by atoms with Gasteiger partial charge in [-0.15, -0.1) is 10.2 Å². The molecule has 5 nitrogen and oxygen atoms in total. The molecular formula is C17H13ClF3N3O2. The zero-order valence-corrected chi connectivity index (χ0v) is 14.2. The maximum Gasteiger partial charge on any atom is 0.418 e. The Morgan fingerprint density at radius 1 is 1.12 bits per heavy atom. The van der Waals surface area contributed by atoms with E-state index >= 15 is 0 Å². The number of rotatable bonds is 5. The zero-order chi connectivity index (χ0) is 18.7. The molecule has 0 spiro atoms. The molecule has 9 heteroatoms. The predicted octanol–water partition coefficient (Wildman–Crippen LogP) is 5.03. The normalized spacial score (nSPS) is 11.4. The van der Waals surface area contributed by atoms with Crippen LogP contribution in [0.4, 0.5) is 18.9 Å². The molecule has 0 unspecified atom stereocenters. The van der Waals surface area contributed by atoms with Crippen LogP contribution in [0.2, 0.25) is 5.02 Å². The molecule has 2 aromatic carbocycles. The van der Waals surface area contributed by atoms with Crippen LogP contribution in [0, 0.1) is 0 Å². The lowest BCUT2D eigenvalue weighted by molar-refractivity contribution is -0.137. The van der Waals surface area contributed by atoms with Crippen molar-refractivity contribution in [3.8, 4) is 17.2 Å². The van der Waals surface area contributed by atoms with E-state index in [4.69, 9.17) is 20.8 Å². The van der Waals surface area contributed by atoms with Crippen molar-refractivity contribution in [2.45, 2.75) is 12.7 Å². The number of ether oxygens (including phenoxy) is 1. The Labute approximate surface area is 151 Å². The number of nitrogens with one attached hydrogen (secondary N) is 1. The zero-order valence-electron chi connectivity index (χ0n) is 13.5. The Kier molecular flexibility index (Phi) is 5.03. The molecule has 0 aliphatic heterocycles. The first-order valence-electron chi connectivity index (χ1n) is 7.44. The minimum absolute atomic E-state index is 0.00228. The molecule has 0 aliphatic rings. The summed E-state index contributed by atoms with van der Waals surface area (Å²) in [6.07, 6.45) is -4.53. The second-order valence-electron chi connectivity index (χ2n) is 5.27. The molecular weight excluding hydrogens is 371 g/mol. The van der Waals surface area contributed by atoms with E-state index in [0.717, 1.165) is 6.07 Å². The lowest BCUT2D eigenvalue weighted by Gasteiger charge is -2.13. The first-order valence-corrected chi connectivity index (χ1v) is 7.82. The highest BCUT2D eigenvalue weighted by Gasteiger charge is 2.33. The monoisotopic (exact) mass is 383 g/mol. The molecule has 0 aliphatic carbocycles. The van der Waals surface area contributed by atoms with Gasteiger partial charge in [0.25, 0.3) is 0 Å². The summed E-state index contributed by atoms with van der Waals surface area (Å²) in [7, 11) is 1.55. The van der Waals surface area contributed by atoms with Crippen molar-refractivity contribution in [3.05, 3.63) is 58.9 Å². The van der Waals surface area contributed by atoms with Gasteiger partial charge in [0.1, 0.15) is 5.75 Å². The molecule has 136 valence electrons. The number of anilines is 1. The average molecular weight is 384 g/mol. The van der Waals surface area contributed by atoms with Crippen molar-refractivity contribution < 1.29 is 22.3 Å². The molecule has 0 saturated carbocycles. The van der Waals surface area contributed by atoms with Crippen LogP contribution in [0.1, 0.15) is 11.5 Å². The molecule has 0 amide bonds. The molecule has 0 saturated heterocycles. The van der Waals surface area contributed by atoms with Gasteiger partial charge >= 0.3 is 6.18 Å². The minimum Gasteiger partial charge on any atom is -0.497 e. The van der Waals surface area contributed by atoms with Crippen molar-refractivity contribution in [3.63, 3.8) is 0 Å². The van der Waals surface area contributed by atoms with Gasteiger partial charge in [-0.3, -0.25) is 0 Å². The highest BCUT2D eigenvalue weighted by molar-refractivity contribution is 6.30. The third-order valence-electron chi connectivity index (χ3n) is 3.52. The number of hydrogen-bond acceptors (Lipinski definition) is 5. The lowest BCUT2D eigenvalue weighted by atomic mass is 10.1. The van der Waals surface area contributed by atoms with Gasteiger partial charge in [-0.05, 0) is 42.5 Å². The van der Waals surface area contributed by atoms with E-state index in [-0.39, 0.29) is 29.0 Å². The van der Waals surface area contributed by atoms with E-state index in [1.165, 1.54) is 12.1 Å². The van der Waals surface area contributed by atoms with Crippen molar-refractivity contribution in [2.75, 3.05) is 12.4 Å². The van der Waals surface area contributed by atoms with Gasteiger partial charge in [0, 0.05) is 16.3 Å². The van der Waals surface area contributed by atoms with E-state index in [1.807, 2.05) is 0 Å². The van der Waals surface area contributed by atoms with Crippen LogP contribution < -0.4 is 10.1 Å². The Morgan fingerprint density at radius 2 is 1.85 bits per heavy atom. The van der Waals surface area contributed by atoms with Gasteiger partial charge in [-0.1, -0.05) is 11.6 Å². The Bertz CT molecular complexity index is 895. The first kappa shape index (κ1) is 18.1. The highest BCUT2D eigenvalue weighted by Crippen LogP contribution is 2.36. The maximum atomic E-state index is 13.1. The van der Waals surface area contributed by atoms with Crippen LogP contribution in [0.3, 0.4) is 0 Å². The summed E-state index contributed by atoms with van der Waals surface area (Å²) in [6, 6.07) is 10.4. The van der Waals surface area contributed by atoms with Crippen molar-refractivity contribution in [2.24, 2.45) is 0 Å². The smallest absolute Gasteiger partial charge is 0.418 e. The summed E-state index contributed by atoms with van der Waals surface area (Å²) >= 11 is 5.66. The van der Waals surface area contributed by atoms with Gasteiger partial charge in [-0.2, -0.15) is 13.2 Å². The Morgan fingerprint density at radius 3 is 2.50 bits per heavy atom. The van der Waals surface area contributed by atoms with Crippen LogP contribution in [0.15, 0.2) is 46.9 Å². The lowest BCUT2D eigenvalue weighted by Crippen LogP contribution is -2.11. The third-order valence-corrected chi connectivity index (χ3v) is 3.76. The van der Waals surface area contributed by atoms with E-state index in [9.17, 15) is 13.2 Å². The Balaban J connectivity index is 1.74. The minimum atomic E-state index is -4.53. The molecule has 3 rings (SSSR count). The van der Waals surface area contributed by atoms with Crippen LogP contribution in [-0.2, 0) is 12.7 Å². The number of benzene rings is 2. The molecule has 0 atom stereocenters. The van der Waals surface area contributed by atoms with Gasteiger partial charge in [0.15, 0.2) is 0 Å². The topological polar surface area (TPSA) is 60.2 Å². The highest BCUT2D eigenvalue weighted by atomic mass is 35.5. The van der Waals surface area contributed by atoms with Crippen molar-refractivity contribution in [1.29, 1.82) is 0 Å².